The maximum absolute atomic E-state index is 5.62. The molecule has 1 atom stereocenters. The fourth-order valence-electron chi connectivity index (χ4n) is 2.12. The van der Waals surface area contributed by atoms with Crippen molar-refractivity contribution in [3.05, 3.63) is 36.0 Å². The molecule has 0 fully saturated rings. The van der Waals surface area contributed by atoms with Gasteiger partial charge in [0, 0.05) is 5.92 Å². The highest BCUT2D eigenvalue weighted by molar-refractivity contribution is 8.01. The number of aromatic nitrogens is 4. The highest BCUT2D eigenvalue weighted by Crippen LogP contribution is 2.38. The molecule has 0 bridgehead atoms. The van der Waals surface area contributed by atoms with E-state index in [1.807, 2.05) is 52.0 Å². The first kappa shape index (κ1) is 18.7. The fraction of sp³-hybridized carbons (Fsp3) is 0.412. The number of benzene rings is 1. The molecule has 0 aliphatic carbocycles. The van der Waals surface area contributed by atoms with Crippen molar-refractivity contribution in [2.24, 2.45) is 0 Å². The van der Waals surface area contributed by atoms with E-state index in [-0.39, 0.29) is 11.2 Å². The lowest BCUT2D eigenvalue weighted by atomic mass is 10.2. The Kier molecular flexibility index (Phi) is 6.10. The molecule has 0 amide bonds. The molecular formula is C17H21N5O2S2. The van der Waals surface area contributed by atoms with Crippen molar-refractivity contribution in [1.82, 2.24) is 20.3 Å². The molecule has 7 nitrogen and oxygen atoms in total. The predicted molar refractivity (Wildman–Crippen MR) is 103 cm³/mol. The summed E-state index contributed by atoms with van der Waals surface area (Å²) in [5.74, 6) is 2.36. The van der Waals surface area contributed by atoms with Crippen molar-refractivity contribution in [3.8, 4) is 5.75 Å². The lowest BCUT2D eigenvalue weighted by Crippen LogP contribution is -1.97. The average Bonchev–Trinajstić information content (AvgIpc) is 3.26. The summed E-state index contributed by atoms with van der Waals surface area (Å²) in [6.45, 7) is 8.65. The molecule has 0 spiro atoms. The van der Waals surface area contributed by atoms with E-state index in [0.29, 0.717) is 17.6 Å². The van der Waals surface area contributed by atoms with Crippen LogP contribution in [0.1, 0.15) is 50.6 Å². The molecular weight excluding hydrogens is 370 g/mol. The molecule has 1 N–H and O–H groups in total. The molecule has 0 saturated carbocycles. The van der Waals surface area contributed by atoms with Gasteiger partial charge in [0.25, 0.3) is 0 Å². The van der Waals surface area contributed by atoms with Gasteiger partial charge < -0.3 is 14.6 Å². The summed E-state index contributed by atoms with van der Waals surface area (Å²) in [5.41, 5.74) is 0.869. The van der Waals surface area contributed by atoms with Gasteiger partial charge in [0.05, 0.1) is 17.5 Å². The summed E-state index contributed by atoms with van der Waals surface area (Å²) >= 11 is 3.02. The summed E-state index contributed by atoms with van der Waals surface area (Å²) in [6.07, 6.45) is 0. The molecule has 3 aromatic rings. The number of nitrogens with one attached hydrogen (secondary N) is 1. The highest BCUT2D eigenvalue weighted by Gasteiger charge is 2.19. The molecule has 26 heavy (non-hydrogen) atoms. The molecule has 0 radical (unpaired) electrons. The Hall–Kier alpha value is -2.13. The molecule has 138 valence electrons. The molecule has 3 rings (SSSR count). The van der Waals surface area contributed by atoms with Crippen LogP contribution in [0.4, 0.5) is 10.8 Å². The number of ether oxygens (including phenoxy) is 1. The van der Waals surface area contributed by atoms with E-state index < -0.39 is 0 Å². The van der Waals surface area contributed by atoms with Crippen LogP contribution < -0.4 is 10.1 Å². The summed E-state index contributed by atoms with van der Waals surface area (Å²) in [4.78, 5) is 4.44. The summed E-state index contributed by atoms with van der Waals surface area (Å²) in [7, 11) is 0. The van der Waals surface area contributed by atoms with Gasteiger partial charge in [-0.3, -0.25) is 0 Å². The maximum Gasteiger partial charge on any atom is 0.239 e. The zero-order chi connectivity index (χ0) is 18.5. The van der Waals surface area contributed by atoms with Crippen LogP contribution in [0.2, 0.25) is 0 Å². The molecule has 1 aromatic carbocycles. The van der Waals surface area contributed by atoms with Crippen LogP contribution in [0, 0.1) is 0 Å². The molecule has 0 aliphatic rings. The van der Waals surface area contributed by atoms with Gasteiger partial charge in [0.2, 0.25) is 11.0 Å². The van der Waals surface area contributed by atoms with Crippen LogP contribution >= 0.6 is 23.1 Å². The minimum Gasteiger partial charge on any atom is -0.492 e. The molecule has 9 heteroatoms. The number of nitrogens with zero attached hydrogens (tertiary/aromatic N) is 4. The van der Waals surface area contributed by atoms with Crippen molar-refractivity contribution >= 4 is 33.9 Å². The Labute approximate surface area is 160 Å². The van der Waals surface area contributed by atoms with Gasteiger partial charge in [-0.05, 0) is 26.0 Å². The summed E-state index contributed by atoms with van der Waals surface area (Å²) in [5, 5.41) is 16.4. The van der Waals surface area contributed by atoms with Crippen LogP contribution in [0.3, 0.4) is 0 Å². The second-order valence-electron chi connectivity index (χ2n) is 5.83. The third-order valence-corrected chi connectivity index (χ3v) is 5.44. The van der Waals surface area contributed by atoms with Gasteiger partial charge >= 0.3 is 0 Å². The second kappa shape index (κ2) is 8.50. The lowest BCUT2D eigenvalue weighted by Gasteiger charge is -2.09. The Morgan fingerprint density at radius 1 is 1.23 bits per heavy atom. The molecule has 2 heterocycles. The van der Waals surface area contributed by atoms with Crippen molar-refractivity contribution in [1.29, 1.82) is 0 Å². The summed E-state index contributed by atoms with van der Waals surface area (Å²) in [6, 6.07) is 7.76. The number of rotatable bonds is 8. The highest BCUT2D eigenvalue weighted by atomic mass is 32.2. The lowest BCUT2D eigenvalue weighted by molar-refractivity contribution is 0.342. The van der Waals surface area contributed by atoms with Gasteiger partial charge in [-0.1, -0.05) is 54.2 Å². The Balaban J connectivity index is 1.66. The Morgan fingerprint density at radius 3 is 2.77 bits per heavy atom. The van der Waals surface area contributed by atoms with E-state index >= 15 is 0 Å². The van der Waals surface area contributed by atoms with Gasteiger partial charge in [-0.25, -0.2) is 0 Å². The van der Waals surface area contributed by atoms with E-state index in [1.54, 1.807) is 11.8 Å². The Morgan fingerprint density at radius 2 is 2.04 bits per heavy atom. The smallest absolute Gasteiger partial charge is 0.239 e. The van der Waals surface area contributed by atoms with Crippen molar-refractivity contribution < 1.29 is 9.26 Å². The standard InChI is InChI=1S/C17H21N5O2S2/c1-5-23-13-9-7-6-8-12(13)18-16-20-21-17(26-16)25-11(4)15-19-14(10(2)3)22-24-15/h6-11H,5H2,1-4H3,(H,18,20). The van der Waals surface area contributed by atoms with Gasteiger partial charge in [-0.2, -0.15) is 4.98 Å². The van der Waals surface area contributed by atoms with Crippen LogP contribution in [-0.4, -0.2) is 26.9 Å². The van der Waals surface area contributed by atoms with E-state index in [2.05, 4.69) is 25.7 Å². The quantitative estimate of drug-likeness (QED) is 0.535. The fourth-order valence-corrected chi connectivity index (χ4v) is 4.06. The number of hydrogen-bond donors (Lipinski definition) is 1. The largest absolute Gasteiger partial charge is 0.492 e. The molecule has 1 unspecified atom stereocenters. The van der Waals surface area contributed by atoms with Gasteiger partial charge in [0.1, 0.15) is 5.75 Å². The topological polar surface area (TPSA) is 86.0 Å². The van der Waals surface area contributed by atoms with Crippen LogP contribution in [0.5, 0.6) is 5.75 Å². The minimum absolute atomic E-state index is 0.00603. The number of thioether (sulfide) groups is 1. The van der Waals surface area contributed by atoms with E-state index in [9.17, 15) is 0 Å². The first-order chi connectivity index (χ1) is 12.6. The normalized spacial score (nSPS) is 12.3. The zero-order valence-corrected chi connectivity index (χ0v) is 16.7. The number of anilines is 2. The third kappa shape index (κ3) is 4.53. The van der Waals surface area contributed by atoms with Crippen molar-refractivity contribution in [2.75, 3.05) is 11.9 Å². The van der Waals surface area contributed by atoms with Crippen LogP contribution in [0.25, 0.3) is 0 Å². The first-order valence-corrected chi connectivity index (χ1v) is 10.1. The minimum atomic E-state index is 0.00603. The third-order valence-electron chi connectivity index (χ3n) is 3.43. The number of para-hydroxylation sites is 2. The van der Waals surface area contributed by atoms with Crippen LogP contribution in [-0.2, 0) is 0 Å². The SMILES string of the molecule is CCOc1ccccc1Nc1nnc(SC(C)c2nc(C(C)C)no2)s1. The summed E-state index contributed by atoms with van der Waals surface area (Å²) < 4.78 is 11.8. The molecule has 0 saturated heterocycles. The maximum atomic E-state index is 5.62. The van der Waals surface area contributed by atoms with E-state index in [0.717, 1.165) is 21.6 Å². The predicted octanol–water partition coefficient (Wildman–Crippen LogP) is 5.04. The Bertz CT molecular complexity index is 849. The van der Waals surface area contributed by atoms with E-state index in [4.69, 9.17) is 9.26 Å². The van der Waals surface area contributed by atoms with Crippen LogP contribution in [0.15, 0.2) is 33.1 Å². The second-order valence-corrected chi connectivity index (χ2v) is 8.40. The average molecular weight is 392 g/mol. The molecule has 0 aliphatic heterocycles. The van der Waals surface area contributed by atoms with Gasteiger partial charge in [-0.15, -0.1) is 10.2 Å². The van der Waals surface area contributed by atoms with Gasteiger partial charge in [0.15, 0.2) is 10.2 Å². The molecule has 2 aromatic heterocycles. The monoisotopic (exact) mass is 391 g/mol. The first-order valence-electron chi connectivity index (χ1n) is 8.39. The zero-order valence-electron chi connectivity index (χ0n) is 15.1. The van der Waals surface area contributed by atoms with Crippen molar-refractivity contribution in [2.45, 2.75) is 43.2 Å². The van der Waals surface area contributed by atoms with Crippen molar-refractivity contribution in [3.63, 3.8) is 0 Å². The number of hydrogen-bond acceptors (Lipinski definition) is 9. The van der Waals surface area contributed by atoms with E-state index in [1.165, 1.54) is 11.3 Å².